The largest absolute Gasteiger partial charge is 0.339 e. The van der Waals surface area contributed by atoms with Crippen LogP contribution in [0.1, 0.15) is 12.8 Å². The summed E-state index contributed by atoms with van der Waals surface area (Å²) < 4.78 is 8.68. The summed E-state index contributed by atoms with van der Waals surface area (Å²) in [5.41, 5.74) is 1.52. The van der Waals surface area contributed by atoms with Crippen molar-refractivity contribution in [2.45, 2.75) is 26.6 Å². The lowest BCUT2D eigenvalue weighted by atomic mass is 10.3. The number of rotatable bonds is 6. The molecule has 1 fully saturated rings. The Morgan fingerprint density at radius 3 is 2.50 bits per heavy atom. The molecule has 9 nitrogen and oxygen atoms in total. The number of amides is 1. The number of hydrogen-bond acceptors (Lipinski definition) is 7. The molecule has 166 valence electrons. The summed E-state index contributed by atoms with van der Waals surface area (Å²) in [5.74, 6) is 1.15. The van der Waals surface area contributed by atoms with Crippen LogP contribution < -0.4 is 5.69 Å². The highest BCUT2D eigenvalue weighted by atomic mass is 32.1. The summed E-state index contributed by atoms with van der Waals surface area (Å²) in [7, 11) is 0. The van der Waals surface area contributed by atoms with Crippen LogP contribution in [-0.2, 0) is 24.4 Å². The van der Waals surface area contributed by atoms with E-state index in [1.807, 2.05) is 53.6 Å². The lowest BCUT2D eigenvalue weighted by molar-refractivity contribution is -0.133. The number of aromatic nitrogens is 4. The number of nitrogens with zero attached hydrogens (tertiary/aromatic N) is 6. The molecule has 0 unspecified atom stereocenters. The third kappa shape index (κ3) is 3.87. The summed E-state index contributed by atoms with van der Waals surface area (Å²) in [6.07, 6.45) is 0. The monoisotopic (exact) mass is 452 g/mol. The molecule has 1 aliphatic rings. The van der Waals surface area contributed by atoms with E-state index in [2.05, 4.69) is 15.0 Å². The average Bonchev–Trinajstić information content (AvgIpc) is 3.55. The van der Waals surface area contributed by atoms with Gasteiger partial charge in [-0.15, -0.1) is 11.3 Å². The Kier molecular flexibility index (Phi) is 5.62. The number of fused-ring (bicyclic) bond motifs is 1. The van der Waals surface area contributed by atoms with Gasteiger partial charge in [0, 0.05) is 32.7 Å². The van der Waals surface area contributed by atoms with Gasteiger partial charge in [-0.25, -0.2) is 4.79 Å². The first-order valence-corrected chi connectivity index (χ1v) is 11.6. The Morgan fingerprint density at radius 1 is 1.06 bits per heavy atom. The summed E-state index contributed by atoms with van der Waals surface area (Å²) in [6.45, 7) is 5.76. The number of hydrogen-bond donors (Lipinski definition) is 0. The number of thiophene rings is 1. The van der Waals surface area contributed by atoms with Crippen molar-refractivity contribution >= 4 is 28.3 Å². The highest BCUT2D eigenvalue weighted by Crippen LogP contribution is 2.22. The SMILES string of the molecule is CCn1c(=O)n(CC(=O)N2CCN(Cc3nc(-c4cccs4)no3)CC2)c2ccccc21. The number of imidazole rings is 1. The molecule has 0 aliphatic carbocycles. The molecule has 0 spiro atoms. The van der Waals surface area contributed by atoms with Crippen LogP contribution in [0.4, 0.5) is 0 Å². The van der Waals surface area contributed by atoms with E-state index >= 15 is 0 Å². The molecule has 0 bridgehead atoms. The van der Waals surface area contributed by atoms with Gasteiger partial charge in [-0.05, 0) is 30.5 Å². The van der Waals surface area contributed by atoms with Crippen molar-refractivity contribution in [3.05, 3.63) is 58.2 Å². The van der Waals surface area contributed by atoms with E-state index in [0.717, 1.165) is 15.9 Å². The summed E-state index contributed by atoms with van der Waals surface area (Å²) in [5, 5.41) is 6.04. The highest BCUT2D eigenvalue weighted by molar-refractivity contribution is 7.13. The average molecular weight is 453 g/mol. The molecule has 5 rings (SSSR count). The maximum absolute atomic E-state index is 13.0. The van der Waals surface area contributed by atoms with Crippen molar-refractivity contribution in [1.29, 1.82) is 0 Å². The van der Waals surface area contributed by atoms with E-state index in [1.54, 1.807) is 20.5 Å². The van der Waals surface area contributed by atoms with Gasteiger partial charge in [-0.1, -0.05) is 23.4 Å². The van der Waals surface area contributed by atoms with Gasteiger partial charge in [0.25, 0.3) is 0 Å². The Labute approximate surface area is 188 Å². The molecule has 1 aromatic carbocycles. The summed E-state index contributed by atoms with van der Waals surface area (Å²) in [6, 6.07) is 11.5. The first-order chi connectivity index (χ1) is 15.6. The minimum absolute atomic E-state index is 0.0384. The van der Waals surface area contributed by atoms with E-state index in [-0.39, 0.29) is 18.1 Å². The zero-order chi connectivity index (χ0) is 22.1. The van der Waals surface area contributed by atoms with Gasteiger partial charge in [0.2, 0.25) is 17.6 Å². The third-order valence-electron chi connectivity index (χ3n) is 5.83. The van der Waals surface area contributed by atoms with Gasteiger partial charge in [0.1, 0.15) is 6.54 Å². The van der Waals surface area contributed by atoms with E-state index in [0.29, 0.717) is 51.0 Å². The summed E-state index contributed by atoms with van der Waals surface area (Å²) in [4.78, 5) is 35.2. The zero-order valence-corrected chi connectivity index (χ0v) is 18.6. The van der Waals surface area contributed by atoms with Crippen LogP contribution in [0.25, 0.3) is 21.7 Å². The molecule has 0 N–H and O–H groups in total. The predicted octanol–water partition coefficient (Wildman–Crippen LogP) is 2.28. The van der Waals surface area contributed by atoms with Crippen LogP contribution in [0.3, 0.4) is 0 Å². The second-order valence-electron chi connectivity index (χ2n) is 7.75. The van der Waals surface area contributed by atoms with Gasteiger partial charge >= 0.3 is 5.69 Å². The van der Waals surface area contributed by atoms with Crippen LogP contribution in [0, 0.1) is 0 Å². The van der Waals surface area contributed by atoms with Gasteiger partial charge < -0.3 is 9.42 Å². The third-order valence-corrected chi connectivity index (χ3v) is 6.69. The molecule has 1 saturated heterocycles. The Morgan fingerprint density at radius 2 is 1.81 bits per heavy atom. The minimum atomic E-state index is -0.140. The quantitative estimate of drug-likeness (QED) is 0.446. The van der Waals surface area contributed by atoms with Gasteiger partial charge in [0.05, 0.1) is 22.5 Å². The molecule has 3 aromatic heterocycles. The van der Waals surface area contributed by atoms with Crippen molar-refractivity contribution in [2.24, 2.45) is 0 Å². The van der Waals surface area contributed by atoms with Crippen LogP contribution in [0.15, 0.2) is 51.1 Å². The normalized spacial score (nSPS) is 15.0. The van der Waals surface area contributed by atoms with E-state index < -0.39 is 0 Å². The molecule has 0 radical (unpaired) electrons. The molecule has 32 heavy (non-hydrogen) atoms. The Hall–Kier alpha value is -3.24. The number of aryl methyl sites for hydroxylation is 1. The maximum Gasteiger partial charge on any atom is 0.329 e. The van der Waals surface area contributed by atoms with Crippen molar-refractivity contribution in [2.75, 3.05) is 26.2 Å². The van der Waals surface area contributed by atoms with Crippen molar-refractivity contribution in [1.82, 2.24) is 29.1 Å². The zero-order valence-electron chi connectivity index (χ0n) is 17.8. The Balaban J connectivity index is 1.21. The van der Waals surface area contributed by atoms with Crippen molar-refractivity contribution < 1.29 is 9.32 Å². The fourth-order valence-electron chi connectivity index (χ4n) is 4.14. The predicted molar refractivity (Wildman–Crippen MR) is 121 cm³/mol. The van der Waals surface area contributed by atoms with Crippen LogP contribution in [-0.4, -0.2) is 61.2 Å². The lowest BCUT2D eigenvalue weighted by Crippen LogP contribution is -2.49. The molecular weight excluding hydrogens is 428 g/mol. The molecule has 4 aromatic rings. The summed E-state index contributed by atoms with van der Waals surface area (Å²) >= 11 is 1.58. The molecule has 0 saturated carbocycles. The number of para-hydroxylation sites is 2. The number of piperazine rings is 1. The smallest absolute Gasteiger partial charge is 0.329 e. The first kappa shape index (κ1) is 20.7. The van der Waals surface area contributed by atoms with E-state index in [1.165, 1.54) is 0 Å². The standard InChI is InChI=1S/C22H24N6O3S/c1-2-27-16-6-3-4-7-17(16)28(22(27)30)15-20(29)26-11-9-25(10-12-26)14-19-23-21(24-31-19)18-8-5-13-32-18/h3-8,13H,2,9-12,14-15H2,1H3. The van der Waals surface area contributed by atoms with Crippen molar-refractivity contribution in [3.63, 3.8) is 0 Å². The van der Waals surface area contributed by atoms with Gasteiger partial charge in [-0.3, -0.25) is 18.8 Å². The maximum atomic E-state index is 13.0. The second-order valence-corrected chi connectivity index (χ2v) is 8.70. The number of benzene rings is 1. The molecular formula is C22H24N6O3S. The van der Waals surface area contributed by atoms with Crippen LogP contribution >= 0.6 is 11.3 Å². The minimum Gasteiger partial charge on any atom is -0.339 e. The van der Waals surface area contributed by atoms with E-state index in [4.69, 9.17) is 4.52 Å². The van der Waals surface area contributed by atoms with Crippen molar-refractivity contribution in [3.8, 4) is 10.7 Å². The molecule has 4 heterocycles. The van der Waals surface area contributed by atoms with Gasteiger partial charge in [0.15, 0.2) is 0 Å². The fourth-order valence-corrected chi connectivity index (χ4v) is 4.79. The lowest BCUT2D eigenvalue weighted by Gasteiger charge is -2.34. The Bertz CT molecular complexity index is 1280. The number of carbonyl (C=O) groups excluding carboxylic acids is 1. The molecule has 1 aliphatic heterocycles. The fraction of sp³-hybridized carbons (Fsp3) is 0.364. The van der Waals surface area contributed by atoms with E-state index in [9.17, 15) is 9.59 Å². The van der Waals surface area contributed by atoms with Gasteiger partial charge in [-0.2, -0.15) is 4.98 Å². The molecule has 0 atom stereocenters. The van der Waals surface area contributed by atoms with Crippen LogP contribution in [0.2, 0.25) is 0 Å². The first-order valence-electron chi connectivity index (χ1n) is 10.7. The molecule has 1 amide bonds. The second kappa shape index (κ2) is 8.71. The highest BCUT2D eigenvalue weighted by Gasteiger charge is 2.24. The molecule has 10 heteroatoms. The topological polar surface area (TPSA) is 89.4 Å². The number of carbonyl (C=O) groups is 1. The van der Waals surface area contributed by atoms with Crippen LogP contribution in [0.5, 0.6) is 0 Å².